The van der Waals surface area contributed by atoms with Crippen LogP contribution in [-0.2, 0) is 19.6 Å². The fourth-order valence-electron chi connectivity index (χ4n) is 4.44. The highest BCUT2D eigenvalue weighted by atomic mass is 35.5. The Labute approximate surface area is 253 Å². The van der Waals surface area contributed by atoms with E-state index >= 15 is 0 Å². The lowest BCUT2D eigenvalue weighted by atomic mass is 10.1. The van der Waals surface area contributed by atoms with E-state index in [4.69, 9.17) is 21.3 Å². The number of amides is 1. The number of anilines is 1. The Kier molecular flexibility index (Phi) is 8.32. The molecule has 2 aromatic heterocycles. The van der Waals surface area contributed by atoms with Gasteiger partial charge in [-0.25, -0.2) is 27.2 Å². The van der Waals surface area contributed by atoms with Crippen molar-refractivity contribution in [1.29, 1.82) is 0 Å². The van der Waals surface area contributed by atoms with E-state index in [1.54, 1.807) is 17.7 Å². The smallest absolute Gasteiger partial charge is 0.339 e. The van der Waals surface area contributed by atoms with E-state index in [0.717, 1.165) is 21.1 Å². The number of hydrogen-bond donors (Lipinski definition) is 1. The van der Waals surface area contributed by atoms with Crippen LogP contribution in [0.5, 0.6) is 0 Å². The van der Waals surface area contributed by atoms with E-state index in [1.165, 1.54) is 32.3 Å². The molecular formula is C31H28ClN5O5S. The molecule has 0 saturated heterocycles. The summed E-state index contributed by atoms with van der Waals surface area (Å²) in [4.78, 5) is 31.1. The highest BCUT2D eigenvalue weighted by molar-refractivity contribution is 7.89. The maximum atomic E-state index is 13.5. The second-order valence-electron chi connectivity index (χ2n) is 10.0. The molecule has 0 aliphatic heterocycles. The van der Waals surface area contributed by atoms with Gasteiger partial charge in [-0.1, -0.05) is 59.6 Å². The molecule has 220 valence electrons. The molecule has 0 spiro atoms. The SMILES string of the molecule is Cc1ccc(-n2nc(C)c3c(C(=O)OCC(=O)Nc4cc(S(=O)(=O)N(C)C)ccc4Cl)cc(-c4ccccc4)nc32)cc1. The predicted octanol–water partition coefficient (Wildman–Crippen LogP) is 5.40. The standard InChI is InChI=1S/C31H28ClN5O5S/c1-19-10-12-22(13-11-19)37-30-29(20(2)35-37)24(17-26(34-30)21-8-6-5-7-9-21)31(39)42-18-28(38)33-27-16-23(14-15-25(27)32)43(40,41)36(3)4/h5-17H,18H2,1-4H3,(H,33,38). The van der Waals surface area contributed by atoms with E-state index < -0.39 is 28.5 Å². The normalized spacial score (nSPS) is 11.6. The minimum atomic E-state index is -3.76. The number of aryl methyl sites for hydroxylation is 2. The van der Waals surface area contributed by atoms with Crippen LogP contribution in [0.25, 0.3) is 28.0 Å². The van der Waals surface area contributed by atoms with Gasteiger partial charge < -0.3 is 10.1 Å². The Hall–Kier alpha value is -4.58. The van der Waals surface area contributed by atoms with E-state index in [0.29, 0.717) is 22.4 Å². The molecule has 0 radical (unpaired) electrons. The molecule has 0 aliphatic rings. The number of fused-ring (bicyclic) bond motifs is 1. The third kappa shape index (κ3) is 6.14. The summed E-state index contributed by atoms with van der Waals surface area (Å²) in [6.07, 6.45) is 0. The average Bonchev–Trinajstić information content (AvgIpc) is 3.33. The minimum Gasteiger partial charge on any atom is -0.452 e. The number of benzene rings is 3. The van der Waals surface area contributed by atoms with Crippen LogP contribution in [0.4, 0.5) is 5.69 Å². The zero-order chi connectivity index (χ0) is 30.9. The number of esters is 1. The lowest BCUT2D eigenvalue weighted by Gasteiger charge is -2.14. The molecule has 10 nitrogen and oxygen atoms in total. The Morgan fingerprint density at radius 3 is 2.35 bits per heavy atom. The number of nitrogens with zero attached hydrogens (tertiary/aromatic N) is 4. The molecule has 3 aromatic carbocycles. The van der Waals surface area contributed by atoms with Crippen molar-refractivity contribution in [3.8, 4) is 16.9 Å². The number of ether oxygens (including phenoxy) is 1. The summed E-state index contributed by atoms with van der Waals surface area (Å²) in [6, 6.07) is 22.7. The van der Waals surface area contributed by atoms with Crippen molar-refractivity contribution in [3.63, 3.8) is 0 Å². The predicted molar refractivity (Wildman–Crippen MR) is 165 cm³/mol. The zero-order valence-corrected chi connectivity index (χ0v) is 25.4. The third-order valence-electron chi connectivity index (χ3n) is 6.71. The van der Waals surface area contributed by atoms with Crippen molar-refractivity contribution in [2.24, 2.45) is 0 Å². The molecule has 5 rings (SSSR count). The van der Waals surface area contributed by atoms with E-state index in [2.05, 4.69) is 10.4 Å². The van der Waals surface area contributed by atoms with Gasteiger partial charge >= 0.3 is 5.97 Å². The second kappa shape index (κ2) is 12.0. The monoisotopic (exact) mass is 617 g/mol. The number of halogens is 1. The Morgan fingerprint density at radius 2 is 1.67 bits per heavy atom. The molecular weight excluding hydrogens is 590 g/mol. The maximum absolute atomic E-state index is 13.5. The number of rotatable bonds is 8. The number of hydrogen-bond acceptors (Lipinski definition) is 7. The van der Waals surface area contributed by atoms with Crippen LogP contribution in [0.1, 0.15) is 21.6 Å². The van der Waals surface area contributed by atoms with Crippen molar-refractivity contribution in [2.45, 2.75) is 18.7 Å². The van der Waals surface area contributed by atoms with Gasteiger partial charge in [0.25, 0.3) is 5.91 Å². The lowest BCUT2D eigenvalue weighted by Crippen LogP contribution is -2.23. The molecule has 43 heavy (non-hydrogen) atoms. The van der Waals surface area contributed by atoms with Crippen LogP contribution in [-0.4, -0.2) is 60.1 Å². The largest absolute Gasteiger partial charge is 0.452 e. The van der Waals surface area contributed by atoms with Gasteiger partial charge in [-0.3, -0.25) is 4.79 Å². The number of aromatic nitrogens is 3. The molecule has 0 unspecified atom stereocenters. The first-order valence-corrected chi connectivity index (χ1v) is 15.0. The van der Waals surface area contributed by atoms with Gasteiger partial charge in [0.1, 0.15) is 0 Å². The summed E-state index contributed by atoms with van der Waals surface area (Å²) >= 11 is 6.20. The van der Waals surface area contributed by atoms with Gasteiger partial charge in [0, 0.05) is 19.7 Å². The van der Waals surface area contributed by atoms with Gasteiger partial charge in [0.05, 0.1) is 43.6 Å². The van der Waals surface area contributed by atoms with Gasteiger partial charge in [0.15, 0.2) is 12.3 Å². The van der Waals surface area contributed by atoms with Crippen molar-refractivity contribution < 1.29 is 22.7 Å². The first-order chi connectivity index (χ1) is 20.5. The number of sulfonamides is 1. The summed E-state index contributed by atoms with van der Waals surface area (Å²) in [5.74, 6) is -1.45. The molecule has 0 atom stereocenters. The number of carbonyl (C=O) groups excluding carboxylic acids is 2. The molecule has 1 N–H and O–H groups in total. The fourth-order valence-corrected chi connectivity index (χ4v) is 5.53. The fraction of sp³-hybridized carbons (Fsp3) is 0.161. The minimum absolute atomic E-state index is 0.0529. The van der Waals surface area contributed by atoms with Gasteiger partial charge in [-0.2, -0.15) is 5.10 Å². The highest BCUT2D eigenvalue weighted by Gasteiger charge is 2.23. The van der Waals surface area contributed by atoms with Crippen LogP contribution >= 0.6 is 11.6 Å². The molecule has 0 saturated carbocycles. The molecule has 1 amide bonds. The lowest BCUT2D eigenvalue weighted by molar-refractivity contribution is -0.119. The van der Waals surface area contributed by atoms with Gasteiger partial charge in [-0.05, 0) is 50.2 Å². The van der Waals surface area contributed by atoms with Crippen molar-refractivity contribution in [1.82, 2.24) is 19.1 Å². The van der Waals surface area contributed by atoms with Crippen LogP contribution in [0.3, 0.4) is 0 Å². The molecule has 2 heterocycles. The Balaban J connectivity index is 1.46. The highest BCUT2D eigenvalue weighted by Crippen LogP contribution is 2.30. The summed E-state index contributed by atoms with van der Waals surface area (Å²) in [6.45, 7) is 3.12. The first-order valence-electron chi connectivity index (χ1n) is 13.2. The Morgan fingerprint density at radius 1 is 0.977 bits per heavy atom. The zero-order valence-electron chi connectivity index (χ0n) is 23.8. The van der Waals surface area contributed by atoms with Crippen LogP contribution in [0.2, 0.25) is 5.02 Å². The third-order valence-corrected chi connectivity index (χ3v) is 8.85. The first kappa shape index (κ1) is 29.9. The summed E-state index contributed by atoms with van der Waals surface area (Å²) < 4.78 is 33.2. The molecule has 0 bridgehead atoms. The van der Waals surface area contributed by atoms with E-state index in [-0.39, 0.29) is 21.2 Å². The molecule has 5 aromatic rings. The van der Waals surface area contributed by atoms with Crippen LogP contribution in [0, 0.1) is 13.8 Å². The van der Waals surface area contributed by atoms with Gasteiger partial charge in [-0.15, -0.1) is 0 Å². The van der Waals surface area contributed by atoms with Crippen molar-refractivity contribution in [2.75, 3.05) is 26.0 Å². The average molecular weight is 618 g/mol. The summed E-state index contributed by atoms with van der Waals surface area (Å²) in [7, 11) is -0.970. The van der Waals surface area contributed by atoms with Crippen LogP contribution < -0.4 is 5.32 Å². The van der Waals surface area contributed by atoms with E-state index in [1.807, 2.05) is 61.5 Å². The Bertz CT molecular complexity index is 1960. The topological polar surface area (TPSA) is 123 Å². The maximum Gasteiger partial charge on any atom is 0.339 e. The van der Waals surface area contributed by atoms with Crippen molar-refractivity contribution in [3.05, 3.63) is 101 Å². The molecule has 0 aliphatic carbocycles. The van der Waals surface area contributed by atoms with E-state index in [9.17, 15) is 18.0 Å². The number of carbonyl (C=O) groups is 2. The summed E-state index contributed by atoms with van der Waals surface area (Å²) in [5, 5.41) is 7.81. The van der Waals surface area contributed by atoms with Gasteiger partial charge in [0.2, 0.25) is 10.0 Å². The molecule has 0 fully saturated rings. The second-order valence-corrected chi connectivity index (χ2v) is 12.6. The number of pyridine rings is 1. The van der Waals surface area contributed by atoms with Crippen LogP contribution in [0.15, 0.2) is 83.8 Å². The summed E-state index contributed by atoms with van der Waals surface area (Å²) in [5.41, 5.74) is 4.47. The quantitative estimate of drug-likeness (QED) is 0.231. The number of nitrogens with one attached hydrogen (secondary N) is 1. The van der Waals surface area contributed by atoms with Crippen molar-refractivity contribution >= 4 is 50.2 Å². The molecule has 12 heteroatoms.